The van der Waals surface area contributed by atoms with Crippen LogP contribution in [0.25, 0.3) is 0 Å². The number of para-hydroxylation sites is 1. The van der Waals surface area contributed by atoms with Crippen LogP contribution in [-0.2, 0) is 4.79 Å². The lowest BCUT2D eigenvalue weighted by Gasteiger charge is -2.37. The first-order chi connectivity index (χ1) is 12.6. The van der Waals surface area contributed by atoms with Crippen molar-refractivity contribution in [2.24, 2.45) is 0 Å². The molecule has 0 N–H and O–H groups in total. The highest BCUT2D eigenvalue weighted by molar-refractivity contribution is 9.10. The third kappa shape index (κ3) is 3.19. The SMILES string of the molecule is CN1C(=O)[C@@H](Sc2cccc(Br)c2)[C@@H](c2ccccc2)c2ccccc21. The summed E-state index contributed by atoms with van der Waals surface area (Å²) >= 11 is 5.17. The van der Waals surface area contributed by atoms with Crippen LogP contribution in [0.2, 0.25) is 0 Å². The molecule has 3 aromatic carbocycles. The number of rotatable bonds is 3. The van der Waals surface area contributed by atoms with Gasteiger partial charge in [-0.15, -0.1) is 11.8 Å². The number of hydrogen-bond acceptors (Lipinski definition) is 2. The lowest BCUT2D eigenvalue weighted by Crippen LogP contribution is -2.43. The maximum atomic E-state index is 13.3. The Morgan fingerprint density at radius 2 is 1.65 bits per heavy atom. The van der Waals surface area contributed by atoms with Crippen molar-refractivity contribution < 1.29 is 4.79 Å². The fraction of sp³-hybridized carbons (Fsp3) is 0.136. The summed E-state index contributed by atoms with van der Waals surface area (Å²) in [5.74, 6) is 0.169. The first-order valence-electron chi connectivity index (χ1n) is 8.49. The number of benzene rings is 3. The molecule has 130 valence electrons. The molecule has 2 atom stereocenters. The fourth-order valence-electron chi connectivity index (χ4n) is 3.49. The van der Waals surface area contributed by atoms with E-state index in [2.05, 4.69) is 52.3 Å². The van der Waals surface area contributed by atoms with E-state index in [0.717, 1.165) is 15.1 Å². The second kappa shape index (κ2) is 7.29. The predicted molar refractivity (Wildman–Crippen MR) is 112 cm³/mol. The molecule has 2 nitrogen and oxygen atoms in total. The number of carbonyl (C=O) groups excluding carboxylic acids is 1. The number of thioether (sulfide) groups is 1. The second-order valence-corrected chi connectivity index (χ2v) is 8.47. The van der Waals surface area contributed by atoms with Crippen molar-refractivity contribution in [2.75, 3.05) is 11.9 Å². The van der Waals surface area contributed by atoms with Gasteiger partial charge in [-0.3, -0.25) is 4.79 Å². The molecule has 0 fully saturated rings. The normalized spacial score (nSPS) is 19.3. The van der Waals surface area contributed by atoms with E-state index in [0.29, 0.717) is 0 Å². The van der Waals surface area contributed by atoms with Gasteiger partial charge >= 0.3 is 0 Å². The van der Waals surface area contributed by atoms with Gasteiger partial charge in [-0.1, -0.05) is 70.5 Å². The van der Waals surface area contributed by atoms with E-state index in [1.807, 2.05) is 49.5 Å². The van der Waals surface area contributed by atoms with Crippen LogP contribution in [0.15, 0.2) is 88.2 Å². The van der Waals surface area contributed by atoms with Gasteiger partial charge in [0.2, 0.25) is 5.91 Å². The molecule has 1 aliphatic rings. The number of halogens is 1. The molecule has 1 heterocycles. The number of amides is 1. The van der Waals surface area contributed by atoms with E-state index in [9.17, 15) is 4.79 Å². The Morgan fingerprint density at radius 3 is 2.42 bits per heavy atom. The zero-order valence-electron chi connectivity index (χ0n) is 14.3. The highest BCUT2D eigenvalue weighted by atomic mass is 79.9. The summed E-state index contributed by atoms with van der Waals surface area (Å²) in [6.07, 6.45) is 0. The van der Waals surface area contributed by atoms with Gasteiger partial charge in [0.1, 0.15) is 0 Å². The Morgan fingerprint density at radius 1 is 0.923 bits per heavy atom. The lowest BCUT2D eigenvalue weighted by molar-refractivity contribution is -0.118. The first-order valence-corrected chi connectivity index (χ1v) is 10.2. The number of carbonyl (C=O) groups is 1. The molecule has 1 amide bonds. The molecule has 0 spiro atoms. The average molecular weight is 424 g/mol. The first kappa shape index (κ1) is 17.4. The molecule has 4 rings (SSSR count). The van der Waals surface area contributed by atoms with E-state index in [4.69, 9.17) is 0 Å². The Balaban J connectivity index is 1.83. The highest BCUT2D eigenvalue weighted by Crippen LogP contribution is 2.46. The van der Waals surface area contributed by atoms with Crippen molar-refractivity contribution in [2.45, 2.75) is 16.1 Å². The Hall–Kier alpha value is -2.04. The molecule has 0 radical (unpaired) electrons. The van der Waals surface area contributed by atoms with E-state index >= 15 is 0 Å². The molecule has 0 aliphatic carbocycles. The van der Waals surface area contributed by atoms with Gasteiger partial charge in [-0.05, 0) is 35.4 Å². The smallest absolute Gasteiger partial charge is 0.241 e. The van der Waals surface area contributed by atoms with Crippen LogP contribution in [0.4, 0.5) is 5.69 Å². The molecule has 4 heteroatoms. The Kier molecular flexibility index (Phi) is 4.88. The Labute approximate surface area is 166 Å². The van der Waals surface area contributed by atoms with Crippen molar-refractivity contribution in [1.82, 2.24) is 0 Å². The van der Waals surface area contributed by atoms with Gasteiger partial charge in [0, 0.05) is 28.0 Å². The minimum Gasteiger partial charge on any atom is -0.314 e. The summed E-state index contributed by atoms with van der Waals surface area (Å²) < 4.78 is 1.02. The largest absolute Gasteiger partial charge is 0.314 e. The zero-order valence-corrected chi connectivity index (χ0v) is 16.7. The van der Waals surface area contributed by atoms with Gasteiger partial charge < -0.3 is 4.90 Å². The quantitative estimate of drug-likeness (QED) is 0.536. The van der Waals surface area contributed by atoms with Crippen LogP contribution in [0.1, 0.15) is 17.0 Å². The van der Waals surface area contributed by atoms with Crippen LogP contribution < -0.4 is 4.90 Å². The van der Waals surface area contributed by atoms with E-state index in [1.165, 1.54) is 11.1 Å². The standard InChI is InChI=1S/C22H18BrNOS/c1-24-19-13-6-5-12-18(19)20(15-8-3-2-4-9-15)21(22(24)25)26-17-11-7-10-16(23)14-17/h2-14,20-21H,1H3/t20-,21-/m0/s1. The van der Waals surface area contributed by atoms with Gasteiger partial charge in [-0.25, -0.2) is 0 Å². The third-order valence-corrected chi connectivity index (χ3v) is 6.47. The number of hydrogen-bond donors (Lipinski definition) is 0. The van der Waals surface area contributed by atoms with E-state index in [1.54, 1.807) is 16.7 Å². The summed E-state index contributed by atoms with van der Waals surface area (Å²) in [6, 6.07) is 26.7. The lowest BCUT2D eigenvalue weighted by atomic mass is 9.84. The summed E-state index contributed by atoms with van der Waals surface area (Å²) in [6.45, 7) is 0. The molecule has 26 heavy (non-hydrogen) atoms. The van der Waals surface area contributed by atoms with Crippen molar-refractivity contribution in [3.8, 4) is 0 Å². The second-order valence-electron chi connectivity index (χ2n) is 6.34. The topological polar surface area (TPSA) is 20.3 Å². The molecular formula is C22H18BrNOS. The minimum atomic E-state index is -0.202. The number of anilines is 1. The van der Waals surface area contributed by atoms with Crippen LogP contribution in [-0.4, -0.2) is 18.2 Å². The van der Waals surface area contributed by atoms with E-state index < -0.39 is 0 Å². The van der Waals surface area contributed by atoms with Crippen LogP contribution in [0.5, 0.6) is 0 Å². The Bertz CT molecular complexity index is 944. The summed E-state index contributed by atoms with van der Waals surface area (Å²) in [5, 5.41) is -0.202. The molecule has 3 aromatic rings. The molecule has 0 saturated heterocycles. The van der Waals surface area contributed by atoms with Crippen LogP contribution in [0, 0.1) is 0 Å². The average Bonchev–Trinajstić information content (AvgIpc) is 2.67. The van der Waals surface area contributed by atoms with Gasteiger partial charge in [-0.2, -0.15) is 0 Å². The van der Waals surface area contributed by atoms with Gasteiger partial charge in [0.05, 0.1) is 5.25 Å². The predicted octanol–water partition coefficient (Wildman–Crippen LogP) is 5.72. The maximum Gasteiger partial charge on any atom is 0.241 e. The van der Waals surface area contributed by atoms with Crippen molar-refractivity contribution in [1.29, 1.82) is 0 Å². The zero-order chi connectivity index (χ0) is 18.1. The summed E-state index contributed by atoms with van der Waals surface area (Å²) in [5.41, 5.74) is 3.37. The molecule has 0 bridgehead atoms. The highest BCUT2D eigenvalue weighted by Gasteiger charge is 2.40. The molecule has 1 aliphatic heterocycles. The van der Waals surface area contributed by atoms with Crippen molar-refractivity contribution >= 4 is 39.3 Å². The van der Waals surface area contributed by atoms with Gasteiger partial charge in [0.15, 0.2) is 0 Å². The van der Waals surface area contributed by atoms with Crippen LogP contribution in [0.3, 0.4) is 0 Å². The maximum absolute atomic E-state index is 13.3. The van der Waals surface area contributed by atoms with E-state index in [-0.39, 0.29) is 17.1 Å². The van der Waals surface area contributed by atoms with Crippen molar-refractivity contribution in [3.63, 3.8) is 0 Å². The summed E-state index contributed by atoms with van der Waals surface area (Å²) in [7, 11) is 1.87. The molecule has 0 aromatic heterocycles. The fourth-order valence-corrected chi connectivity index (χ4v) is 5.39. The number of fused-ring (bicyclic) bond motifs is 1. The molecule has 0 saturated carbocycles. The van der Waals surface area contributed by atoms with Gasteiger partial charge in [0.25, 0.3) is 0 Å². The monoisotopic (exact) mass is 423 g/mol. The summed E-state index contributed by atoms with van der Waals surface area (Å²) in [4.78, 5) is 16.1. The molecule has 0 unspecified atom stereocenters. The van der Waals surface area contributed by atoms with Crippen LogP contribution >= 0.6 is 27.7 Å². The third-order valence-electron chi connectivity index (χ3n) is 4.73. The minimum absolute atomic E-state index is 0.0279. The van der Waals surface area contributed by atoms with Crippen molar-refractivity contribution in [3.05, 3.63) is 94.5 Å². The molecular weight excluding hydrogens is 406 g/mol. The number of nitrogens with zero attached hydrogens (tertiary/aromatic N) is 1.